The molecule has 3 rings (SSSR count). The lowest BCUT2D eigenvalue weighted by molar-refractivity contribution is 0.210. The van der Waals surface area contributed by atoms with E-state index >= 15 is 0 Å². The first-order valence-corrected chi connectivity index (χ1v) is 6.55. The normalized spacial score (nSPS) is 17.3. The molecule has 2 aromatic rings. The molecule has 98 valence electrons. The topological polar surface area (TPSA) is 21.3 Å². The number of benzene rings is 2. The molecule has 1 aliphatic rings. The molecule has 1 heterocycles. The maximum atomic E-state index is 13.1. The SMILES string of the molecule is Fc1ccc(C2CNc3cccc(Cl)c3O2)c(Cl)c1. The summed E-state index contributed by atoms with van der Waals surface area (Å²) in [5, 5.41) is 4.12. The highest BCUT2D eigenvalue weighted by Gasteiger charge is 2.24. The maximum Gasteiger partial charge on any atom is 0.162 e. The number of anilines is 1. The molecule has 0 saturated carbocycles. The van der Waals surface area contributed by atoms with Gasteiger partial charge in [0.1, 0.15) is 11.9 Å². The molecule has 0 amide bonds. The van der Waals surface area contributed by atoms with Crippen molar-refractivity contribution in [1.29, 1.82) is 0 Å². The Kier molecular flexibility index (Phi) is 3.25. The summed E-state index contributed by atoms with van der Waals surface area (Å²) in [6, 6.07) is 9.78. The average Bonchev–Trinajstić information content (AvgIpc) is 2.39. The fourth-order valence-electron chi connectivity index (χ4n) is 2.09. The third-order valence-corrected chi connectivity index (χ3v) is 3.64. The lowest BCUT2D eigenvalue weighted by atomic mass is 10.1. The van der Waals surface area contributed by atoms with Crippen LogP contribution in [0.25, 0.3) is 0 Å². The van der Waals surface area contributed by atoms with E-state index in [2.05, 4.69) is 5.32 Å². The Morgan fingerprint density at radius 3 is 2.79 bits per heavy atom. The monoisotopic (exact) mass is 297 g/mol. The van der Waals surface area contributed by atoms with Crippen LogP contribution in [-0.2, 0) is 0 Å². The van der Waals surface area contributed by atoms with Gasteiger partial charge in [0.15, 0.2) is 5.75 Å². The van der Waals surface area contributed by atoms with Crippen LogP contribution in [0.3, 0.4) is 0 Å². The van der Waals surface area contributed by atoms with Crippen LogP contribution in [0.4, 0.5) is 10.1 Å². The van der Waals surface area contributed by atoms with Crippen LogP contribution in [0.1, 0.15) is 11.7 Å². The van der Waals surface area contributed by atoms with E-state index in [0.29, 0.717) is 22.3 Å². The predicted octanol–water partition coefficient (Wildman–Crippen LogP) is 4.68. The minimum absolute atomic E-state index is 0.291. The highest BCUT2D eigenvalue weighted by Crippen LogP contribution is 2.40. The summed E-state index contributed by atoms with van der Waals surface area (Å²) in [6.45, 7) is 0.554. The number of hydrogen-bond donors (Lipinski definition) is 1. The fourth-order valence-corrected chi connectivity index (χ4v) is 2.60. The molecule has 5 heteroatoms. The lowest BCUT2D eigenvalue weighted by Crippen LogP contribution is -2.24. The standard InChI is InChI=1S/C14H10Cl2FNO/c15-10-2-1-3-12-14(10)19-13(7-18-12)9-5-4-8(17)6-11(9)16/h1-6,13,18H,7H2. The van der Waals surface area contributed by atoms with E-state index in [0.717, 1.165) is 11.3 Å². The molecule has 0 aromatic heterocycles. The Bertz CT molecular complexity index is 633. The molecular weight excluding hydrogens is 288 g/mol. The van der Waals surface area contributed by atoms with Crippen molar-refractivity contribution in [1.82, 2.24) is 0 Å². The van der Waals surface area contributed by atoms with Crippen molar-refractivity contribution in [2.75, 3.05) is 11.9 Å². The molecule has 19 heavy (non-hydrogen) atoms. The van der Waals surface area contributed by atoms with Crippen LogP contribution in [0.15, 0.2) is 36.4 Å². The van der Waals surface area contributed by atoms with E-state index in [1.807, 2.05) is 12.1 Å². The van der Waals surface area contributed by atoms with E-state index in [1.165, 1.54) is 12.1 Å². The van der Waals surface area contributed by atoms with E-state index < -0.39 is 0 Å². The first-order valence-electron chi connectivity index (χ1n) is 5.79. The van der Waals surface area contributed by atoms with Crippen LogP contribution in [0, 0.1) is 5.82 Å². The quantitative estimate of drug-likeness (QED) is 0.825. The molecule has 1 unspecified atom stereocenters. The minimum Gasteiger partial charge on any atom is -0.480 e. The highest BCUT2D eigenvalue weighted by atomic mass is 35.5. The van der Waals surface area contributed by atoms with E-state index in [9.17, 15) is 4.39 Å². The van der Waals surface area contributed by atoms with Crippen LogP contribution in [-0.4, -0.2) is 6.54 Å². The summed E-state index contributed by atoms with van der Waals surface area (Å²) in [7, 11) is 0. The van der Waals surface area contributed by atoms with Crippen molar-refractivity contribution < 1.29 is 9.13 Å². The van der Waals surface area contributed by atoms with Gasteiger partial charge in [-0.15, -0.1) is 0 Å². The Morgan fingerprint density at radius 2 is 2.00 bits per heavy atom. The number of halogens is 3. The molecule has 0 aliphatic carbocycles. The number of ether oxygens (including phenoxy) is 1. The van der Waals surface area contributed by atoms with Gasteiger partial charge in [-0.3, -0.25) is 0 Å². The average molecular weight is 298 g/mol. The van der Waals surface area contributed by atoms with Gasteiger partial charge in [-0.1, -0.05) is 35.3 Å². The van der Waals surface area contributed by atoms with Crippen LogP contribution < -0.4 is 10.1 Å². The number of fused-ring (bicyclic) bond motifs is 1. The van der Waals surface area contributed by atoms with Gasteiger partial charge in [0.05, 0.1) is 22.3 Å². The summed E-state index contributed by atoms with van der Waals surface area (Å²) < 4.78 is 18.9. The Morgan fingerprint density at radius 1 is 1.16 bits per heavy atom. The van der Waals surface area contributed by atoms with Crippen LogP contribution >= 0.6 is 23.2 Å². The Labute approximate surface area is 120 Å². The number of nitrogens with one attached hydrogen (secondary N) is 1. The number of para-hydroxylation sites is 1. The number of rotatable bonds is 1. The van der Waals surface area contributed by atoms with Gasteiger partial charge in [0.2, 0.25) is 0 Å². The van der Waals surface area contributed by atoms with Crippen molar-refractivity contribution >= 4 is 28.9 Å². The van der Waals surface area contributed by atoms with E-state index in [1.54, 1.807) is 12.1 Å². The molecule has 0 saturated heterocycles. The van der Waals surface area contributed by atoms with Crippen LogP contribution in [0.5, 0.6) is 5.75 Å². The van der Waals surface area contributed by atoms with Gasteiger partial charge in [-0.25, -0.2) is 4.39 Å². The maximum absolute atomic E-state index is 13.1. The molecule has 0 spiro atoms. The molecule has 0 fully saturated rings. The molecule has 0 bridgehead atoms. The molecule has 2 nitrogen and oxygen atoms in total. The third-order valence-electron chi connectivity index (χ3n) is 3.01. The zero-order chi connectivity index (χ0) is 13.4. The lowest BCUT2D eigenvalue weighted by Gasteiger charge is -2.28. The van der Waals surface area contributed by atoms with E-state index in [4.69, 9.17) is 27.9 Å². The van der Waals surface area contributed by atoms with Crippen LogP contribution in [0.2, 0.25) is 10.0 Å². The second kappa shape index (κ2) is 4.91. The molecule has 0 radical (unpaired) electrons. The second-order valence-electron chi connectivity index (χ2n) is 4.27. The van der Waals surface area contributed by atoms with Crippen molar-refractivity contribution in [3.8, 4) is 5.75 Å². The minimum atomic E-state index is -0.365. The Hall–Kier alpha value is -1.45. The third kappa shape index (κ3) is 2.36. The van der Waals surface area contributed by atoms with Gasteiger partial charge in [-0.05, 0) is 24.3 Å². The molecular formula is C14H10Cl2FNO. The largest absolute Gasteiger partial charge is 0.480 e. The van der Waals surface area contributed by atoms with Crippen molar-refractivity contribution in [2.45, 2.75) is 6.10 Å². The van der Waals surface area contributed by atoms with Gasteiger partial charge in [0, 0.05) is 5.56 Å². The van der Waals surface area contributed by atoms with Gasteiger partial charge >= 0.3 is 0 Å². The molecule has 1 atom stereocenters. The molecule has 2 aromatic carbocycles. The summed E-state index contributed by atoms with van der Waals surface area (Å²) >= 11 is 12.2. The molecule has 1 aliphatic heterocycles. The first-order chi connectivity index (χ1) is 9.15. The zero-order valence-electron chi connectivity index (χ0n) is 9.79. The molecule has 1 N–H and O–H groups in total. The smallest absolute Gasteiger partial charge is 0.162 e. The van der Waals surface area contributed by atoms with Gasteiger partial charge in [-0.2, -0.15) is 0 Å². The van der Waals surface area contributed by atoms with Crippen molar-refractivity contribution in [3.63, 3.8) is 0 Å². The second-order valence-corrected chi connectivity index (χ2v) is 5.08. The summed E-state index contributed by atoms with van der Waals surface area (Å²) in [5.41, 5.74) is 1.59. The first kappa shape index (κ1) is 12.6. The van der Waals surface area contributed by atoms with Crippen molar-refractivity contribution in [3.05, 3.63) is 57.8 Å². The van der Waals surface area contributed by atoms with Gasteiger partial charge < -0.3 is 10.1 Å². The number of hydrogen-bond acceptors (Lipinski definition) is 2. The van der Waals surface area contributed by atoms with E-state index in [-0.39, 0.29) is 11.9 Å². The van der Waals surface area contributed by atoms with Crippen molar-refractivity contribution in [2.24, 2.45) is 0 Å². The summed E-state index contributed by atoms with van der Waals surface area (Å²) in [4.78, 5) is 0. The zero-order valence-corrected chi connectivity index (χ0v) is 11.3. The highest BCUT2D eigenvalue weighted by molar-refractivity contribution is 6.32. The summed E-state index contributed by atoms with van der Waals surface area (Å²) in [6.07, 6.45) is -0.291. The Balaban J connectivity index is 1.95. The summed E-state index contributed by atoms with van der Waals surface area (Å²) in [5.74, 6) is 0.233. The predicted molar refractivity (Wildman–Crippen MR) is 74.7 cm³/mol. The van der Waals surface area contributed by atoms with Gasteiger partial charge in [0.25, 0.3) is 0 Å². The fraction of sp³-hybridized carbons (Fsp3) is 0.143.